The number of hydrogen-bond donors (Lipinski definition) is 2. The normalized spacial score (nSPS) is 10.2. The first-order chi connectivity index (χ1) is 8.28. The van der Waals surface area contributed by atoms with E-state index < -0.39 is 0 Å². The molecule has 2 N–H and O–H groups in total. The van der Waals surface area contributed by atoms with E-state index in [1.165, 1.54) is 0 Å². The van der Waals surface area contributed by atoms with Gasteiger partial charge in [-0.05, 0) is 6.42 Å². The number of nitrogens with zero attached hydrogens (tertiary/aromatic N) is 4. The van der Waals surface area contributed by atoms with Gasteiger partial charge in [0.05, 0.1) is 12.4 Å². The lowest BCUT2D eigenvalue weighted by atomic mass is 10.5. The Morgan fingerprint density at radius 3 is 2.76 bits per heavy atom. The van der Waals surface area contributed by atoms with Gasteiger partial charge in [0.25, 0.3) is 0 Å². The summed E-state index contributed by atoms with van der Waals surface area (Å²) in [7, 11) is 1.87. The molecule has 2 rings (SSSR count). The Bertz CT molecular complexity index is 478. The summed E-state index contributed by atoms with van der Waals surface area (Å²) in [6.07, 6.45) is 6.31. The lowest BCUT2D eigenvalue weighted by Crippen LogP contribution is -2.04. The Balaban J connectivity index is 2.05. The number of aromatic nitrogens is 4. The van der Waals surface area contributed by atoms with Crippen LogP contribution in [0.2, 0.25) is 0 Å². The van der Waals surface area contributed by atoms with Crippen molar-refractivity contribution in [3.05, 3.63) is 24.7 Å². The van der Waals surface area contributed by atoms with Crippen molar-refractivity contribution in [1.29, 1.82) is 0 Å². The van der Waals surface area contributed by atoms with Crippen LogP contribution < -0.4 is 10.6 Å². The summed E-state index contributed by atoms with van der Waals surface area (Å²) in [5, 5.41) is 10.5. The summed E-state index contributed by atoms with van der Waals surface area (Å²) in [4.78, 5) is 8.50. The van der Waals surface area contributed by atoms with Gasteiger partial charge in [-0.3, -0.25) is 9.67 Å². The smallest absolute Gasteiger partial charge is 0.153 e. The second kappa shape index (κ2) is 5.29. The lowest BCUT2D eigenvalue weighted by Gasteiger charge is -2.05. The van der Waals surface area contributed by atoms with E-state index in [0.717, 1.165) is 24.6 Å². The number of aryl methyl sites for hydroxylation is 1. The average molecular weight is 232 g/mol. The van der Waals surface area contributed by atoms with Crippen LogP contribution in [0.5, 0.6) is 0 Å². The van der Waals surface area contributed by atoms with Gasteiger partial charge in [-0.1, -0.05) is 6.92 Å². The fourth-order valence-electron chi connectivity index (χ4n) is 1.38. The van der Waals surface area contributed by atoms with E-state index in [9.17, 15) is 0 Å². The third kappa shape index (κ3) is 3.17. The van der Waals surface area contributed by atoms with Crippen LogP contribution in [0.1, 0.15) is 13.3 Å². The molecule has 2 heterocycles. The molecule has 90 valence electrons. The Hall–Kier alpha value is -2.11. The van der Waals surface area contributed by atoms with Gasteiger partial charge in [0.2, 0.25) is 0 Å². The highest BCUT2D eigenvalue weighted by atomic mass is 15.3. The predicted molar refractivity (Wildman–Crippen MR) is 67.3 cm³/mol. The molecule has 0 aliphatic heterocycles. The van der Waals surface area contributed by atoms with Crippen molar-refractivity contribution in [3.63, 3.8) is 0 Å². The summed E-state index contributed by atoms with van der Waals surface area (Å²) < 4.78 is 1.73. The number of nitrogens with one attached hydrogen (secondary N) is 2. The Morgan fingerprint density at radius 1 is 1.24 bits per heavy atom. The van der Waals surface area contributed by atoms with E-state index in [0.29, 0.717) is 5.82 Å². The van der Waals surface area contributed by atoms with Crippen molar-refractivity contribution < 1.29 is 0 Å². The van der Waals surface area contributed by atoms with Crippen LogP contribution in [0, 0.1) is 0 Å². The van der Waals surface area contributed by atoms with Gasteiger partial charge in [-0.15, -0.1) is 0 Å². The van der Waals surface area contributed by atoms with E-state index in [-0.39, 0.29) is 0 Å². The highest BCUT2D eigenvalue weighted by Crippen LogP contribution is 2.12. The molecule has 2 aromatic rings. The molecule has 0 saturated carbocycles. The highest BCUT2D eigenvalue weighted by Gasteiger charge is 2.00. The van der Waals surface area contributed by atoms with Gasteiger partial charge in [0, 0.05) is 25.9 Å². The van der Waals surface area contributed by atoms with Crippen LogP contribution in [-0.2, 0) is 7.05 Å². The van der Waals surface area contributed by atoms with Crippen LogP contribution in [0.25, 0.3) is 0 Å². The number of anilines is 3. The van der Waals surface area contributed by atoms with Crippen molar-refractivity contribution in [2.24, 2.45) is 7.05 Å². The van der Waals surface area contributed by atoms with Crippen molar-refractivity contribution in [1.82, 2.24) is 19.7 Å². The highest BCUT2D eigenvalue weighted by molar-refractivity contribution is 5.52. The lowest BCUT2D eigenvalue weighted by molar-refractivity contribution is 0.771. The van der Waals surface area contributed by atoms with Gasteiger partial charge in [-0.25, -0.2) is 4.98 Å². The first kappa shape index (κ1) is 11.4. The second-order valence-electron chi connectivity index (χ2n) is 3.72. The van der Waals surface area contributed by atoms with Crippen molar-refractivity contribution in [2.75, 3.05) is 17.2 Å². The van der Waals surface area contributed by atoms with Crippen LogP contribution in [-0.4, -0.2) is 26.3 Å². The van der Waals surface area contributed by atoms with Crippen molar-refractivity contribution in [2.45, 2.75) is 13.3 Å². The molecule has 0 unspecified atom stereocenters. The summed E-state index contributed by atoms with van der Waals surface area (Å²) >= 11 is 0. The van der Waals surface area contributed by atoms with Gasteiger partial charge in [-0.2, -0.15) is 5.10 Å². The third-order valence-electron chi connectivity index (χ3n) is 2.16. The summed E-state index contributed by atoms with van der Waals surface area (Å²) in [6.45, 7) is 3.00. The molecule has 0 aliphatic carbocycles. The van der Waals surface area contributed by atoms with E-state index in [1.54, 1.807) is 17.1 Å². The molecule has 0 atom stereocenters. The summed E-state index contributed by atoms with van der Waals surface area (Å²) in [5.74, 6) is 2.21. The zero-order valence-electron chi connectivity index (χ0n) is 10.0. The van der Waals surface area contributed by atoms with Crippen LogP contribution in [0.3, 0.4) is 0 Å². The molecule has 0 spiro atoms. The maximum absolute atomic E-state index is 4.38. The molecule has 0 amide bonds. The van der Waals surface area contributed by atoms with Crippen molar-refractivity contribution in [3.8, 4) is 0 Å². The molecular formula is C11H16N6. The minimum absolute atomic E-state index is 0.685. The molecule has 6 heteroatoms. The fraction of sp³-hybridized carbons (Fsp3) is 0.364. The zero-order valence-corrected chi connectivity index (χ0v) is 10.0. The predicted octanol–water partition coefficient (Wildman–Crippen LogP) is 1.78. The van der Waals surface area contributed by atoms with Gasteiger partial charge in [0.15, 0.2) is 11.6 Å². The topological polar surface area (TPSA) is 67.7 Å². The van der Waals surface area contributed by atoms with E-state index >= 15 is 0 Å². The number of rotatable bonds is 5. The molecule has 0 radical (unpaired) electrons. The van der Waals surface area contributed by atoms with Crippen LogP contribution in [0.4, 0.5) is 17.5 Å². The molecule has 2 aromatic heterocycles. The third-order valence-corrected chi connectivity index (χ3v) is 2.16. The Kier molecular flexibility index (Phi) is 3.54. The first-order valence-corrected chi connectivity index (χ1v) is 5.60. The largest absolute Gasteiger partial charge is 0.369 e. The molecule has 0 aliphatic rings. The zero-order chi connectivity index (χ0) is 12.1. The van der Waals surface area contributed by atoms with Gasteiger partial charge in [0.1, 0.15) is 5.82 Å². The molecule has 0 aromatic carbocycles. The van der Waals surface area contributed by atoms with Gasteiger partial charge < -0.3 is 10.6 Å². The molecule has 0 saturated heterocycles. The van der Waals surface area contributed by atoms with E-state index in [2.05, 4.69) is 32.6 Å². The minimum atomic E-state index is 0.685. The molecule has 17 heavy (non-hydrogen) atoms. The first-order valence-electron chi connectivity index (χ1n) is 5.60. The molecule has 0 bridgehead atoms. The minimum Gasteiger partial charge on any atom is -0.369 e. The molecule has 0 fully saturated rings. The standard InChI is InChI=1S/C11H16N6/c1-3-5-13-10-7-12-8-11(15-10)14-9-4-6-17(2)16-9/h4,6-8H,3,5H2,1-2H3,(H2,13,14,15,16). The second-order valence-corrected chi connectivity index (χ2v) is 3.72. The number of hydrogen-bond acceptors (Lipinski definition) is 5. The monoisotopic (exact) mass is 232 g/mol. The molecule has 6 nitrogen and oxygen atoms in total. The fourth-order valence-corrected chi connectivity index (χ4v) is 1.38. The van der Waals surface area contributed by atoms with E-state index in [4.69, 9.17) is 0 Å². The van der Waals surface area contributed by atoms with Crippen molar-refractivity contribution >= 4 is 17.5 Å². The Labute approximate surface area is 100 Å². The van der Waals surface area contributed by atoms with Crippen LogP contribution >= 0.6 is 0 Å². The van der Waals surface area contributed by atoms with Gasteiger partial charge >= 0.3 is 0 Å². The maximum Gasteiger partial charge on any atom is 0.153 e. The summed E-state index contributed by atoms with van der Waals surface area (Å²) in [6, 6.07) is 1.88. The summed E-state index contributed by atoms with van der Waals surface area (Å²) in [5.41, 5.74) is 0. The average Bonchev–Trinajstić information content (AvgIpc) is 2.73. The Morgan fingerprint density at radius 2 is 2.06 bits per heavy atom. The molecular weight excluding hydrogens is 216 g/mol. The van der Waals surface area contributed by atoms with Crippen LogP contribution in [0.15, 0.2) is 24.7 Å². The quantitative estimate of drug-likeness (QED) is 0.822. The maximum atomic E-state index is 4.38. The SMILES string of the molecule is CCCNc1cncc(Nc2ccn(C)n2)n1. The van der Waals surface area contributed by atoms with E-state index in [1.807, 2.05) is 19.3 Å².